The smallest absolute Gasteiger partial charge is 0.219 e. The topological polar surface area (TPSA) is 66.6 Å². The van der Waals surface area contributed by atoms with Crippen molar-refractivity contribution in [3.63, 3.8) is 0 Å². The predicted octanol–water partition coefficient (Wildman–Crippen LogP) is 7.33. The van der Waals surface area contributed by atoms with E-state index in [1.54, 1.807) is 20.8 Å². The zero-order valence-corrected chi connectivity index (χ0v) is 24.6. The summed E-state index contributed by atoms with van der Waals surface area (Å²) in [5, 5.41) is 8.63. The molecule has 5 heteroatoms. The van der Waals surface area contributed by atoms with E-state index < -0.39 is 6.17 Å². The minimum absolute atomic E-state index is 0.00926. The first-order valence-corrected chi connectivity index (χ1v) is 13.1. The Morgan fingerprint density at radius 2 is 1.12 bits per heavy atom. The highest BCUT2D eigenvalue weighted by molar-refractivity contribution is 5.75. The molecule has 1 aliphatic carbocycles. The van der Waals surface area contributed by atoms with Crippen molar-refractivity contribution in [1.82, 2.24) is 4.90 Å². The van der Waals surface area contributed by atoms with Gasteiger partial charge in [0, 0.05) is 25.0 Å². The molecule has 2 fully saturated rings. The molecule has 32 heavy (non-hydrogen) atoms. The van der Waals surface area contributed by atoms with E-state index in [0.717, 1.165) is 11.8 Å². The van der Waals surface area contributed by atoms with Crippen LogP contribution in [0.4, 0.5) is 4.39 Å². The first-order chi connectivity index (χ1) is 14.8. The molecule has 3 N–H and O–H groups in total. The van der Waals surface area contributed by atoms with Crippen LogP contribution in [0.3, 0.4) is 0 Å². The lowest BCUT2D eigenvalue weighted by Crippen LogP contribution is -2.51. The normalized spacial score (nSPS) is 15.4. The van der Waals surface area contributed by atoms with Gasteiger partial charge in [-0.1, -0.05) is 83.1 Å². The predicted molar refractivity (Wildman–Crippen MR) is 144 cm³/mol. The van der Waals surface area contributed by atoms with Crippen molar-refractivity contribution in [2.75, 3.05) is 13.1 Å². The van der Waals surface area contributed by atoms with Gasteiger partial charge in [0.2, 0.25) is 5.91 Å². The standard InChI is InChI=1S/C6H12FN.C6H12.C5H12O.C4H9NO.3C2H6/c1-5(2)8-3-6(7)4-8;1-5(2)6-3-4-6;1-4(2)5(3)6;1-3(2)4(5)6;3*1-2/h5-6H,3-4H2,1-2H3;5-6H,3-4H2,1-2H3;4-6H,1-3H3;3H,1-2H3,(H2,5,6);3*1-2H3. The van der Waals surface area contributed by atoms with Crippen LogP contribution in [-0.4, -0.2) is 47.3 Å². The van der Waals surface area contributed by atoms with Crippen molar-refractivity contribution in [2.24, 2.45) is 29.4 Å². The van der Waals surface area contributed by atoms with Crippen LogP contribution in [0.25, 0.3) is 0 Å². The van der Waals surface area contributed by atoms with Crippen LogP contribution in [0.15, 0.2) is 0 Å². The number of aliphatic hydroxyl groups excluding tert-OH is 1. The van der Waals surface area contributed by atoms with Crippen molar-refractivity contribution in [3.05, 3.63) is 0 Å². The number of alkyl halides is 1. The Balaban J connectivity index is -0.0000000944. The Kier molecular flexibility index (Phi) is 36.8. The minimum atomic E-state index is -0.544. The number of aliphatic hydroxyl groups is 1. The molecule has 1 unspecified atom stereocenters. The van der Waals surface area contributed by atoms with Gasteiger partial charge < -0.3 is 10.8 Å². The zero-order chi connectivity index (χ0) is 27.0. The summed E-state index contributed by atoms with van der Waals surface area (Å²) in [5.41, 5.74) is 4.80. The molecule has 1 saturated heterocycles. The van der Waals surface area contributed by atoms with Crippen molar-refractivity contribution in [2.45, 2.75) is 135 Å². The first-order valence-electron chi connectivity index (χ1n) is 13.1. The number of rotatable bonds is 4. The maximum atomic E-state index is 12.1. The molecule has 2 aliphatic rings. The molecule has 0 aromatic rings. The molecule has 1 heterocycles. The molecule has 1 saturated carbocycles. The van der Waals surface area contributed by atoms with Gasteiger partial charge in [-0.2, -0.15) is 0 Å². The van der Waals surface area contributed by atoms with E-state index in [1.807, 2.05) is 55.4 Å². The molecular weight excluding hydrogens is 403 g/mol. The Labute approximate surface area is 202 Å². The van der Waals surface area contributed by atoms with E-state index in [1.165, 1.54) is 12.8 Å². The highest BCUT2D eigenvalue weighted by Crippen LogP contribution is 2.35. The van der Waals surface area contributed by atoms with Gasteiger partial charge in [0.25, 0.3) is 0 Å². The average molecular weight is 467 g/mol. The van der Waals surface area contributed by atoms with Crippen molar-refractivity contribution in [1.29, 1.82) is 0 Å². The molecule has 0 aromatic carbocycles. The van der Waals surface area contributed by atoms with E-state index >= 15 is 0 Å². The number of carbonyl (C=O) groups excluding carboxylic acids is 1. The van der Waals surface area contributed by atoms with Gasteiger partial charge in [-0.05, 0) is 51.4 Å². The maximum Gasteiger partial charge on any atom is 0.219 e. The van der Waals surface area contributed by atoms with Crippen molar-refractivity contribution < 1.29 is 14.3 Å². The Morgan fingerprint density at radius 3 is 1.16 bits per heavy atom. The minimum Gasteiger partial charge on any atom is -0.393 e. The zero-order valence-electron chi connectivity index (χ0n) is 24.6. The van der Waals surface area contributed by atoms with E-state index in [-0.39, 0.29) is 17.9 Å². The lowest BCUT2D eigenvalue weighted by molar-refractivity contribution is -0.120. The SMILES string of the molecule is CC.CC.CC.CC(C)C(C)O.CC(C)C(N)=O.CC(C)C1CC1.CC(C)N1CC(F)C1. The summed E-state index contributed by atoms with van der Waals surface area (Å²) in [6.07, 6.45) is 2.30. The second-order valence-corrected chi connectivity index (χ2v) is 8.77. The molecule has 200 valence electrons. The van der Waals surface area contributed by atoms with Crippen LogP contribution in [-0.2, 0) is 4.79 Å². The molecule has 4 nitrogen and oxygen atoms in total. The van der Waals surface area contributed by atoms with Gasteiger partial charge in [-0.15, -0.1) is 0 Å². The Bertz CT molecular complexity index is 335. The van der Waals surface area contributed by atoms with Crippen LogP contribution < -0.4 is 5.73 Å². The van der Waals surface area contributed by atoms with Gasteiger partial charge in [-0.3, -0.25) is 9.69 Å². The van der Waals surface area contributed by atoms with E-state index in [2.05, 4.69) is 32.6 Å². The third-order valence-electron chi connectivity index (χ3n) is 4.69. The van der Waals surface area contributed by atoms with Crippen LogP contribution >= 0.6 is 0 Å². The molecular formula is C27H63FN2O2. The van der Waals surface area contributed by atoms with Crippen LogP contribution in [0, 0.1) is 23.7 Å². The molecule has 1 amide bonds. The number of primary amides is 1. The quantitative estimate of drug-likeness (QED) is 0.456. The molecule has 2 rings (SSSR count). The number of likely N-dealkylation sites (tertiary alicyclic amines) is 1. The van der Waals surface area contributed by atoms with Gasteiger partial charge in [0.1, 0.15) is 6.17 Å². The van der Waals surface area contributed by atoms with Crippen LogP contribution in [0.2, 0.25) is 0 Å². The highest BCUT2D eigenvalue weighted by atomic mass is 19.1. The summed E-state index contributed by atoms with van der Waals surface area (Å²) in [5.74, 6) is 2.22. The summed E-state index contributed by atoms with van der Waals surface area (Å²) in [7, 11) is 0. The molecule has 1 aliphatic heterocycles. The molecule has 0 radical (unpaired) electrons. The molecule has 0 bridgehead atoms. The fraction of sp³-hybridized carbons (Fsp3) is 0.963. The van der Waals surface area contributed by atoms with Crippen LogP contribution in [0.5, 0.6) is 0 Å². The van der Waals surface area contributed by atoms with Crippen molar-refractivity contribution >= 4 is 5.91 Å². The van der Waals surface area contributed by atoms with E-state index in [0.29, 0.717) is 25.0 Å². The molecule has 0 aromatic heterocycles. The fourth-order valence-corrected chi connectivity index (χ4v) is 1.64. The summed E-state index contributed by atoms with van der Waals surface area (Å²) in [4.78, 5) is 12.0. The maximum absolute atomic E-state index is 12.1. The van der Waals surface area contributed by atoms with Crippen molar-refractivity contribution in [3.8, 4) is 0 Å². The second-order valence-electron chi connectivity index (χ2n) is 8.77. The van der Waals surface area contributed by atoms with Crippen LogP contribution in [0.1, 0.15) is 117 Å². The number of nitrogens with two attached hydrogens (primary N) is 1. The number of halogens is 1. The summed E-state index contributed by atoms with van der Waals surface area (Å²) < 4.78 is 12.1. The van der Waals surface area contributed by atoms with Gasteiger partial charge >= 0.3 is 0 Å². The largest absolute Gasteiger partial charge is 0.393 e. The second kappa shape index (κ2) is 28.4. The van der Waals surface area contributed by atoms with E-state index in [4.69, 9.17) is 10.8 Å². The Morgan fingerprint density at radius 1 is 0.844 bits per heavy atom. The van der Waals surface area contributed by atoms with Gasteiger partial charge in [-0.25, -0.2) is 4.39 Å². The first kappa shape index (κ1) is 41.6. The molecule has 0 spiro atoms. The van der Waals surface area contributed by atoms with Gasteiger partial charge in [0.05, 0.1) is 6.10 Å². The monoisotopic (exact) mass is 466 g/mol. The van der Waals surface area contributed by atoms with E-state index in [9.17, 15) is 9.18 Å². The third kappa shape index (κ3) is 33.9. The summed E-state index contributed by atoms with van der Waals surface area (Å²) in [6, 6.07) is 0.530. The average Bonchev–Trinajstić information content (AvgIpc) is 3.57. The molecule has 1 atom stereocenters. The summed E-state index contributed by atoms with van der Waals surface area (Å²) >= 11 is 0. The Hall–Kier alpha value is -0.680. The lowest BCUT2D eigenvalue weighted by atomic mass is 10.1. The fourth-order valence-electron chi connectivity index (χ4n) is 1.64. The third-order valence-corrected chi connectivity index (χ3v) is 4.69. The number of hydrogen-bond donors (Lipinski definition) is 2. The number of carbonyl (C=O) groups is 1. The number of amides is 1. The lowest BCUT2D eigenvalue weighted by Gasteiger charge is -2.37. The number of hydrogen-bond acceptors (Lipinski definition) is 3. The highest BCUT2D eigenvalue weighted by Gasteiger charge is 2.27. The number of nitrogens with zero attached hydrogens (tertiary/aromatic N) is 1. The van der Waals surface area contributed by atoms with Gasteiger partial charge in [0.15, 0.2) is 0 Å². The summed E-state index contributed by atoms with van der Waals surface area (Å²) in [6.45, 7) is 31.4.